The highest BCUT2D eigenvalue weighted by molar-refractivity contribution is 6.32. The van der Waals surface area contributed by atoms with E-state index in [9.17, 15) is 60.3 Å². The lowest BCUT2D eigenvalue weighted by molar-refractivity contribution is -0.333. The number of ether oxygens (including phenoxy) is 6. The molecule has 1 unspecified atom stereocenters. The summed E-state index contributed by atoms with van der Waals surface area (Å²) >= 11 is 14.3. The van der Waals surface area contributed by atoms with Gasteiger partial charge in [0.2, 0.25) is 59.3 Å². The molecule has 5 aromatic carbocycles. The molecule has 596 valence electrons. The quantitative estimate of drug-likeness (QED) is 0.0755. The Labute approximate surface area is 645 Å². The van der Waals surface area contributed by atoms with Gasteiger partial charge in [0.25, 0.3) is 0 Å². The van der Waals surface area contributed by atoms with E-state index < -0.39 is 210 Å². The standard InChI is InChI=1S/C76H90Cl2N10O23/c1-28(2)12-43(81-5)68(99)87-59-61(94)33-7-10-47(41(77)19-33)107-49-21-37-22-50(65(49)111-75-66(64(97)63(96)51(27-89)109-75)110-53-26-76(4,80)67(98)29(3)106-53)108-48-11-8-34(20-42(48)78)62(95)60-74(105)86-58(72(103)83-55-35-14-30-13-31(16-35)17-36(55)15-30)40-23-38(90)24-46(92)54(40)39-18-32(6-9-45(39)91)56(70(101)88-60)85-71(102)57(37)84-69(100)44(25-52(79)93)82-73(59)104/h6-11,18-24,28-31,35-36,43-44,51,53,55-64,66-67,75,81,89-92,94-98H,12-17,25-27,80H2,1-5H3,(H2,79,93)(H,82,104)(H,83,103)(H,84,100)(H,85,102)(H,86,105)(H,87,99)(H,88,101)/t29-,30?,31?,35?,36?,43-,44+,51+,53+,55?,56-,57-,58-,59-,60+,61-,62-,63+,64-,66+,67?,75-,76-/m1/s1. The van der Waals surface area contributed by atoms with Crippen LogP contribution in [0.3, 0.4) is 0 Å². The molecule has 7 heterocycles. The first-order valence-electron chi connectivity index (χ1n) is 36.7. The third-order valence-corrected chi connectivity index (χ3v) is 22.9. The third kappa shape index (κ3) is 16.4. The molecule has 6 fully saturated rings. The molecule has 0 spiro atoms. The van der Waals surface area contributed by atoms with Crippen molar-refractivity contribution in [3.05, 3.63) is 117 Å². The minimum Gasteiger partial charge on any atom is -0.508 e. The maximum Gasteiger partial charge on any atom is 0.248 e. The van der Waals surface area contributed by atoms with Gasteiger partial charge in [-0.3, -0.25) is 38.4 Å². The van der Waals surface area contributed by atoms with Crippen LogP contribution in [0, 0.1) is 29.6 Å². The second-order valence-corrected chi connectivity index (χ2v) is 31.7. The maximum atomic E-state index is 16.3. The first-order valence-corrected chi connectivity index (χ1v) is 37.4. The highest BCUT2D eigenvalue weighted by atomic mass is 35.5. The number of benzene rings is 5. The lowest BCUT2D eigenvalue weighted by atomic mass is 9.54. The van der Waals surface area contributed by atoms with Crippen LogP contribution in [0.15, 0.2) is 78.9 Å². The number of aliphatic hydroxyl groups excluding tert-OH is 6. The Bertz CT molecular complexity index is 4450. The lowest BCUT2D eigenvalue weighted by Crippen LogP contribution is -2.64. The fraction of sp³-hybridized carbons (Fsp3) is 0.500. The Morgan fingerprint density at radius 1 is 0.676 bits per heavy atom. The topological polar surface area (TPSA) is 522 Å². The predicted octanol–water partition coefficient (Wildman–Crippen LogP) is 1.96. The van der Waals surface area contributed by atoms with Gasteiger partial charge in [0.1, 0.15) is 95.5 Å². The summed E-state index contributed by atoms with van der Waals surface area (Å²) < 4.78 is 38.7. The van der Waals surface area contributed by atoms with Crippen LogP contribution in [0.2, 0.25) is 10.0 Å². The number of phenols is 3. The van der Waals surface area contributed by atoms with Crippen molar-refractivity contribution >= 4 is 70.5 Å². The fourth-order valence-electron chi connectivity index (χ4n) is 16.9. The zero-order valence-electron chi connectivity index (χ0n) is 60.8. The number of nitrogens with two attached hydrogens (primary N) is 2. The number of carbonyl (C=O) groups excluding carboxylic acids is 8. The summed E-state index contributed by atoms with van der Waals surface area (Å²) in [5, 5.41) is 126. The molecule has 5 aromatic rings. The van der Waals surface area contributed by atoms with Crippen molar-refractivity contribution < 1.29 is 113 Å². The highest BCUT2D eigenvalue weighted by Crippen LogP contribution is 2.55. The Kier molecular flexibility index (Phi) is 23.1. The summed E-state index contributed by atoms with van der Waals surface area (Å²) in [4.78, 5) is 121. The average molecular weight is 1580 g/mol. The summed E-state index contributed by atoms with van der Waals surface area (Å²) in [6, 6.07) is 0.574. The molecule has 4 aliphatic carbocycles. The average Bonchev–Trinajstić information content (AvgIpc) is 0.756. The first-order chi connectivity index (χ1) is 52.6. The van der Waals surface area contributed by atoms with Crippen molar-refractivity contribution in [1.82, 2.24) is 42.5 Å². The zero-order chi connectivity index (χ0) is 79.7. The Balaban J connectivity index is 1.01. The SMILES string of the molecule is CN[C@H](CC(C)C)C(=O)N[C@H]1C(=O)N[C@@H](CC(N)=O)C(=O)N[C@H]2C(=O)N[C@H]3C(=O)N[C@H](C(=O)N[C@@H](C(=O)NC4C5CC6CC(C5)CC4C6)c4cc(O)cc(O)c4-c4cc3ccc4O)[C@H](O)c3ccc(c(Cl)c3)Oc3cc2cc(c3O[C@H]2O[C@@H](CO)[C@H](O)[C@@H](O)[C@@H]2O[C@H]2C[C@@](C)(N)C(O)[C@@H](C)O2)Oc2ccc(cc2Cl)[C@H]1O. The number of primary amides is 1. The number of amides is 8. The number of hydrogen-bond donors (Lipinski definition) is 19. The van der Waals surface area contributed by atoms with E-state index in [4.69, 9.17) is 63.1 Å². The van der Waals surface area contributed by atoms with Crippen LogP contribution in [0.4, 0.5) is 0 Å². The lowest BCUT2D eigenvalue weighted by Gasteiger charge is -2.54. The number of rotatable bonds is 14. The van der Waals surface area contributed by atoms with Gasteiger partial charge in [0, 0.05) is 35.2 Å². The largest absolute Gasteiger partial charge is 0.508 e. The van der Waals surface area contributed by atoms with E-state index in [2.05, 4.69) is 42.5 Å². The third-order valence-electron chi connectivity index (χ3n) is 22.3. The molecule has 7 aliphatic heterocycles. The van der Waals surface area contributed by atoms with Gasteiger partial charge >= 0.3 is 0 Å². The molecule has 11 aliphatic rings. The normalized spacial score (nSPS) is 32.8. The molecular weight excluding hydrogens is 1490 g/mol. The first kappa shape index (κ1) is 79.9. The van der Waals surface area contributed by atoms with Gasteiger partial charge in [-0.05, 0) is 171 Å². The number of nitrogens with one attached hydrogen (secondary N) is 8. The molecular formula is C76H90Cl2N10O23. The van der Waals surface area contributed by atoms with Gasteiger partial charge in [-0.2, -0.15) is 0 Å². The van der Waals surface area contributed by atoms with Gasteiger partial charge in [0.05, 0.1) is 41.3 Å². The molecule has 21 N–H and O–H groups in total. The number of fused-ring (bicyclic) bond motifs is 15. The van der Waals surface area contributed by atoms with E-state index in [1.165, 1.54) is 45.2 Å². The molecule has 111 heavy (non-hydrogen) atoms. The van der Waals surface area contributed by atoms with Crippen LogP contribution in [-0.4, -0.2) is 192 Å². The highest BCUT2D eigenvalue weighted by Gasteiger charge is 2.53. The molecule has 15 bridgehead atoms. The summed E-state index contributed by atoms with van der Waals surface area (Å²) in [7, 11) is 1.49. The van der Waals surface area contributed by atoms with Gasteiger partial charge in [0.15, 0.2) is 23.9 Å². The van der Waals surface area contributed by atoms with E-state index >= 15 is 24.0 Å². The van der Waals surface area contributed by atoms with Crippen molar-refractivity contribution in [2.75, 3.05) is 13.7 Å². The molecule has 35 heteroatoms. The zero-order valence-corrected chi connectivity index (χ0v) is 62.3. The van der Waals surface area contributed by atoms with Crippen LogP contribution in [0.5, 0.6) is 46.0 Å². The Morgan fingerprint density at radius 3 is 1.87 bits per heavy atom. The fourth-order valence-corrected chi connectivity index (χ4v) is 17.4. The van der Waals surface area contributed by atoms with Gasteiger partial charge in [-0.15, -0.1) is 0 Å². The number of phenolic OH excluding ortho intramolecular Hbond substituents is 3. The Hall–Kier alpha value is -9.20. The van der Waals surface area contributed by atoms with Crippen LogP contribution >= 0.6 is 23.2 Å². The summed E-state index contributed by atoms with van der Waals surface area (Å²) in [5.74, 6) is -13.0. The van der Waals surface area contributed by atoms with E-state index in [0.717, 1.165) is 86.7 Å². The van der Waals surface area contributed by atoms with Crippen molar-refractivity contribution in [2.24, 2.45) is 41.1 Å². The van der Waals surface area contributed by atoms with E-state index in [0.29, 0.717) is 11.8 Å². The number of aromatic hydroxyl groups is 3. The van der Waals surface area contributed by atoms with Crippen molar-refractivity contribution in [3.63, 3.8) is 0 Å². The van der Waals surface area contributed by atoms with E-state index in [1.807, 2.05) is 13.8 Å². The molecule has 33 nitrogen and oxygen atoms in total. The molecule has 4 saturated carbocycles. The van der Waals surface area contributed by atoms with Crippen LogP contribution < -0.4 is 68.2 Å². The number of aliphatic hydroxyl groups is 6. The minimum absolute atomic E-state index is 0.0745. The van der Waals surface area contributed by atoms with Gasteiger partial charge < -0.3 is 128 Å². The van der Waals surface area contributed by atoms with Crippen molar-refractivity contribution in [3.8, 4) is 57.1 Å². The maximum absolute atomic E-state index is 16.3. The summed E-state index contributed by atoms with van der Waals surface area (Å²) in [6.07, 6.45) is -13.9. The second-order valence-electron chi connectivity index (χ2n) is 30.8. The predicted molar refractivity (Wildman–Crippen MR) is 391 cm³/mol. The number of likely N-dealkylation sites (N-methyl/N-ethyl adjacent to an activating group) is 1. The Morgan fingerprint density at radius 2 is 1.28 bits per heavy atom. The van der Waals surface area contributed by atoms with Gasteiger partial charge in [-0.1, -0.05) is 55.2 Å². The molecule has 16 rings (SSSR count). The molecule has 0 radical (unpaired) electrons. The summed E-state index contributed by atoms with van der Waals surface area (Å²) in [6.45, 7) is 5.73. The summed E-state index contributed by atoms with van der Waals surface area (Å²) in [5.41, 5.74) is 8.92. The van der Waals surface area contributed by atoms with E-state index in [1.54, 1.807) is 0 Å². The van der Waals surface area contributed by atoms with Crippen molar-refractivity contribution in [2.45, 2.75) is 194 Å². The van der Waals surface area contributed by atoms with Crippen LogP contribution in [0.25, 0.3) is 11.1 Å². The minimum atomic E-state index is -2.32. The molecule has 0 aromatic heterocycles. The number of carbonyl (C=O) groups is 8. The molecule has 18 atom stereocenters. The van der Waals surface area contributed by atoms with Gasteiger partial charge in [-0.25, -0.2) is 0 Å². The van der Waals surface area contributed by atoms with Crippen molar-refractivity contribution in [1.29, 1.82) is 0 Å². The van der Waals surface area contributed by atoms with Crippen LogP contribution in [-0.2, 0) is 52.6 Å². The molecule has 8 amide bonds. The number of halogens is 2. The molecule has 2 saturated heterocycles. The second kappa shape index (κ2) is 32.1. The van der Waals surface area contributed by atoms with Crippen LogP contribution in [0.1, 0.15) is 137 Å². The van der Waals surface area contributed by atoms with E-state index in [-0.39, 0.29) is 91.6 Å². The smallest absolute Gasteiger partial charge is 0.248 e. The monoisotopic (exact) mass is 1580 g/mol. The number of hydrogen-bond acceptors (Lipinski definition) is 25.